The molecule has 0 unspecified atom stereocenters. The molecule has 6 nitrogen and oxygen atoms in total. The molecule has 0 aliphatic heterocycles. The maximum absolute atomic E-state index is 12.7. The molecule has 1 N–H and O–H groups in total. The summed E-state index contributed by atoms with van der Waals surface area (Å²) >= 11 is 0. The summed E-state index contributed by atoms with van der Waals surface area (Å²) < 4.78 is 0. The molecular weight excluding hydrogens is 270 g/mol. The fourth-order valence-corrected chi connectivity index (χ4v) is 2.35. The van der Waals surface area contributed by atoms with E-state index < -0.39 is 4.92 Å². The lowest BCUT2D eigenvalue weighted by Crippen LogP contribution is -2.33. The highest BCUT2D eigenvalue weighted by molar-refractivity contribution is 6.00. The minimum Gasteiger partial charge on any atom is -0.384 e. The van der Waals surface area contributed by atoms with Gasteiger partial charge in [0.25, 0.3) is 11.6 Å². The Labute approximate surface area is 124 Å². The van der Waals surface area contributed by atoms with Crippen LogP contribution in [0.2, 0.25) is 0 Å². The van der Waals surface area contributed by atoms with E-state index in [0.29, 0.717) is 23.8 Å². The Bertz CT molecular complexity index is 541. The van der Waals surface area contributed by atoms with Crippen molar-refractivity contribution < 1.29 is 9.72 Å². The zero-order chi connectivity index (χ0) is 15.4. The minimum absolute atomic E-state index is 0.0488. The van der Waals surface area contributed by atoms with Crippen molar-refractivity contribution in [3.63, 3.8) is 0 Å². The normalized spacial score (nSPS) is 13.8. The Morgan fingerprint density at radius 3 is 2.67 bits per heavy atom. The van der Waals surface area contributed by atoms with Crippen LogP contribution < -0.4 is 5.32 Å². The second-order valence-corrected chi connectivity index (χ2v) is 5.24. The second-order valence-electron chi connectivity index (χ2n) is 5.24. The van der Waals surface area contributed by atoms with Crippen LogP contribution in [0.3, 0.4) is 0 Å². The van der Waals surface area contributed by atoms with E-state index in [9.17, 15) is 14.9 Å². The predicted molar refractivity (Wildman–Crippen MR) is 81.6 cm³/mol. The molecule has 1 amide bonds. The van der Waals surface area contributed by atoms with Crippen molar-refractivity contribution in [2.24, 2.45) is 0 Å². The number of nitrogens with zero attached hydrogens (tertiary/aromatic N) is 2. The molecule has 0 spiro atoms. The molecule has 0 heterocycles. The molecule has 0 bridgehead atoms. The third-order valence-corrected chi connectivity index (χ3v) is 3.60. The molecule has 0 aromatic heterocycles. The number of carbonyl (C=O) groups is 1. The van der Waals surface area contributed by atoms with Gasteiger partial charge in [-0.25, -0.2) is 0 Å². The summed E-state index contributed by atoms with van der Waals surface area (Å²) in [4.78, 5) is 25.0. The standard InChI is InChI=1S/C15H21N3O3/c1-3-9-16-14-8-7-12(18(20)21)10-13(14)15(19)17(4-2)11-5-6-11/h7-8,10-11,16H,3-6,9H2,1-2H3. The van der Waals surface area contributed by atoms with Crippen LogP contribution in [0.25, 0.3) is 0 Å². The van der Waals surface area contributed by atoms with Crippen molar-refractivity contribution in [2.75, 3.05) is 18.4 Å². The van der Waals surface area contributed by atoms with E-state index >= 15 is 0 Å². The maximum atomic E-state index is 12.7. The average molecular weight is 291 g/mol. The van der Waals surface area contributed by atoms with E-state index in [1.807, 2.05) is 13.8 Å². The molecule has 6 heteroatoms. The summed E-state index contributed by atoms with van der Waals surface area (Å²) in [6.07, 6.45) is 2.96. The fraction of sp³-hybridized carbons (Fsp3) is 0.533. The van der Waals surface area contributed by atoms with Crippen LogP contribution in [0.4, 0.5) is 11.4 Å². The number of nitro benzene ring substituents is 1. The van der Waals surface area contributed by atoms with Crippen molar-refractivity contribution in [1.82, 2.24) is 4.90 Å². The minimum atomic E-state index is -0.464. The number of hydrogen-bond acceptors (Lipinski definition) is 4. The van der Waals surface area contributed by atoms with Gasteiger partial charge in [-0.3, -0.25) is 14.9 Å². The van der Waals surface area contributed by atoms with Gasteiger partial charge in [-0.1, -0.05) is 6.92 Å². The smallest absolute Gasteiger partial charge is 0.270 e. The van der Waals surface area contributed by atoms with Gasteiger partial charge >= 0.3 is 0 Å². The number of nitrogens with one attached hydrogen (secondary N) is 1. The maximum Gasteiger partial charge on any atom is 0.270 e. The number of amides is 1. The van der Waals surface area contributed by atoms with E-state index in [2.05, 4.69) is 5.32 Å². The first-order chi connectivity index (χ1) is 10.1. The molecule has 21 heavy (non-hydrogen) atoms. The molecule has 114 valence electrons. The summed E-state index contributed by atoms with van der Waals surface area (Å²) in [7, 11) is 0. The third-order valence-electron chi connectivity index (χ3n) is 3.60. The Balaban J connectivity index is 2.34. The lowest BCUT2D eigenvalue weighted by molar-refractivity contribution is -0.384. The molecule has 1 aromatic carbocycles. The highest BCUT2D eigenvalue weighted by Gasteiger charge is 2.33. The Morgan fingerprint density at radius 1 is 1.43 bits per heavy atom. The Morgan fingerprint density at radius 2 is 2.14 bits per heavy atom. The molecule has 1 fully saturated rings. The van der Waals surface area contributed by atoms with E-state index in [4.69, 9.17) is 0 Å². The number of benzene rings is 1. The summed E-state index contributed by atoms with van der Waals surface area (Å²) in [6.45, 7) is 5.32. The number of non-ortho nitro benzene ring substituents is 1. The van der Waals surface area contributed by atoms with Gasteiger partial charge in [-0.05, 0) is 32.3 Å². The van der Waals surface area contributed by atoms with Crippen LogP contribution in [0, 0.1) is 10.1 Å². The molecule has 0 saturated heterocycles. The van der Waals surface area contributed by atoms with Gasteiger partial charge in [0, 0.05) is 37.0 Å². The van der Waals surface area contributed by atoms with Crippen molar-refractivity contribution in [3.05, 3.63) is 33.9 Å². The first-order valence-electron chi connectivity index (χ1n) is 7.41. The molecule has 1 aromatic rings. The van der Waals surface area contributed by atoms with Crippen LogP contribution in [-0.2, 0) is 0 Å². The first kappa shape index (κ1) is 15.3. The number of hydrogen-bond donors (Lipinski definition) is 1. The zero-order valence-corrected chi connectivity index (χ0v) is 12.5. The first-order valence-corrected chi connectivity index (χ1v) is 7.41. The molecule has 1 aliphatic carbocycles. The van der Waals surface area contributed by atoms with Gasteiger partial charge in [0.05, 0.1) is 10.5 Å². The largest absolute Gasteiger partial charge is 0.384 e. The summed E-state index contributed by atoms with van der Waals surface area (Å²) in [5, 5.41) is 14.1. The van der Waals surface area contributed by atoms with Crippen molar-refractivity contribution in [3.8, 4) is 0 Å². The molecular formula is C15H21N3O3. The van der Waals surface area contributed by atoms with E-state index in [0.717, 1.165) is 25.8 Å². The van der Waals surface area contributed by atoms with E-state index in [1.54, 1.807) is 11.0 Å². The molecule has 2 rings (SSSR count). The molecule has 0 radical (unpaired) electrons. The molecule has 1 saturated carbocycles. The SMILES string of the molecule is CCCNc1ccc([N+](=O)[O-])cc1C(=O)N(CC)C1CC1. The second kappa shape index (κ2) is 6.56. The lowest BCUT2D eigenvalue weighted by atomic mass is 10.1. The van der Waals surface area contributed by atoms with Gasteiger partial charge in [-0.2, -0.15) is 0 Å². The topological polar surface area (TPSA) is 75.5 Å². The Kier molecular flexibility index (Phi) is 4.77. The fourth-order valence-electron chi connectivity index (χ4n) is 2.35. The van der Waals surface area contributed by atoms with Crippen LogP contribution >= 0.6 is 0 Å². The summed E-state index contributed by atoms with van der Waals surface area (Å²) in [5.41, 5.74) is 1.02. The van der Waals surface area contributed by atoms with Crippen molar-refractivity contribution in [2.45, 2.75) is 39.2 Å². The van der Waals surface area contributed by atoms with Gasteiger partial charge < -0.3 is 10.2 Å². The summed E-state index contributed by atoms with van der Waals surface area (Å²) in [5.74, 6) is -0.123. The van der Waals surface area contributed by atoms with Crippen LogP contribution in [0.1, 0.15) is 43.5 Å². The number of nitro groups is 1. The monoisotopic (exact) mass is 291 g/mol. The van der Waals surface area contributed by atoms with E-state index in [-0.39, 0.29) is 11.6 Å². The van der Waals surface area contributed by atoms with Crippen LogP contribution in [0.5, 0.6) is 0 Å². The average Bonchev–Trinajstić information content (AvgIpc) is 3.30. The van der Waals surface area contributed by atoms with Crippen molar-refractivity contribution in [1.29, 1.82) is 0 Å². The molecule has 0 atom stereocenters. The number of carbonyl (C=O) groups excluding carboxylic acids is 1. The van der Waals surface area contributed by atoms with Crippen LogP contribution in [0.15, 0.2) is 18.2 Å². The lowest BCUT2D eigenvalue weighted by Gasteiger charge is -2.22. The van der Waals surface area contributed by atoms with Crippen molar-refractivity contribution >= 4 is 17.3 Å². The summed E-state index contributed by atoms with van der Waals surface area (Å²) in [6, 6.07) is 4.73. The van der Waals surface area contributed by atoms with Gasteiger partial charge in [0.15, 0.2) is 0 Å². The third kappa shape index (κ3) is 3.51. The van der Waals surface area contributed by atoms with Gasteiger partial charge in [-0.15, -0.1) is 0 Å². The van der Waals surface area contributed by atoms with Gasteiger partial charge in [0.1, 0.15) is 0 Å². The highest BCUT2D eigenvalue weighted by atomic mass is 16.6. The highest BCUT2D eigenvalue weighted by Crippen LogP contribution is 2.30. The number of anilines is 1. The Hall–Kier alpha value is -2.11. The van der Waals surface area contributed by atoms with Gasteiger partial charge in [0.2, 0.25) is 0 Å². The zero-order valence-electron chi connectivity index (χ0n) is 12.5. The predicted octanol–water partition coefficient (Wildman–Crippen LogP) is 3.04. The molecule has 1 aliphatic rings. The quantitative estimate of drug-likeness (QED) is 0.619. The van der Waals surface area contributed by atoms with E-state index in [1.165, 1.54) is 12.1 Å². The van der Waals surface area contributed by atoms with Crippen LogP contribution in [-0.4, -0.2) is 34.9 Å². The number of rotatable bonds is 7.